The lowest BCUT2D eigenvalue weighted by Gasteiger charge is -2.32. The summed E-state index contributed by atoms with van der Waals surface area (Å²) in [7, 11) is 0. The van der Waals surface area contributed by atoms with E-state index in [9.17, 15) is 9.59 Å². The Bertz CT molecular complexity index is 524. The fourth-order valence-electron chi connectivity index (χ4n) is 2.33. The Morgan fingerprint density at radius 1 is 1.50 bits per heavy atom. The summed E-state index contributed by atoms with van der Waals surface area (Å²) < 4.78 is 0. The highest BCUT2D eigenvalue weighted by atomic mass is 32.1. The highest BCUT2D eigenvalue weighted by Gasteiger charge is 2.39. The highest BCUT2D eigenvalue weighted by Crippen LogP contribution is 2.28. The van der Waals surface area contributed by atoms with E-state index in [-0.39, 0.29) is 17.9 Å². The van der Waals surface area contributed by atoms with Crippen molar-refractivity contribution in [3.63, 3.8) is 0 Å². The quantitative estimate of drug-likeness (QED) is 0.926. The molecule has 1 fully saturated rings. The van der Waals surface area contributed by atoms with Crippen LogP contribution >= 0.6 is 11.3 Å². The molecule has 110 valence electrons. The van der Waals surface area contributed by atoms with Gasteiger partial charge in [-0.15, -0.1) is 11.3 Å². The third kappa shape index (κ3) is 2.85. The minimum atomic E-state index is -0.854. The predicted molar refractivity (Wildman–Crippen MR) is 78.5 cm³/mol. The number of amides is 2. The topological polar surface area (TPSA) is 62.3 Å². The molecule has 1 saturated heterocycles. The van der Waals surface area contributed by atoms with Gasteiger partial charge in [0.25, 0.3) is 0 Å². The zero-order chi connectivity index (χ0) is 14.9. The lowest BCUT2D eigenvalue weighted by molar-refractivity contribution is -0.139. The van der Waals surface area contributed by atoms with Crippen molar-refractivity contribution in [2.75, 3.05) is 6.54 Å². The van der Waals surface area contributed by atoms with Crippen molar-refractivity contribution in [2.45, 2.75) is 52.1 Å². The summed E-state index contributed by atoms with van der Waals surface area (Å²) in [6, 6.07) is -0.0974. The summed E-state index contributed by atoms with van der Waals surface area (Å²) in [6.07, 6.45) is 3.16. The maximum atomic E-state index is 12.6. The van der Waals surface area contributed by atoms with Crippen molar-refractivity contribution < 1.29 is 9.59 Å². The number of hydrogen-bond donors (Lipinski definition) is 1. The summed E-state index contributed by atoms with van der Waals surface area (Å²) >= 11 is 1.63. The molecule has 0 aromatic carbocycles. The molecule has 1 aliphatic heterocycles. The Labute approximate surface area is 123 Å². The molecule has 0 bridgehead atoms. The molecule has 2 rings (SSSR count). The van der Waals surface area contributed by atoms with Crippen molar-refractivity contribution in [3.05, 3.63) is 16.1 Å². The van der Waals surface area contributed by atoms with Crippen LogP contribution in [0.4, 0.5) is 0 Å². The zero-order valence-corrected chi connectivity index (χ0v) is 13.2. The second-order valence-electron chi connectivity index (χ2n) is 5.62. The largest absolute Gasteiger partial charge is 0.342 e. The van der Waals surface area contributed by atoms with Crippen molar-refractivity contribution >= 4 is 23.2 Å². The molecule has 1 N–H and O–H groups in total. The van der Waals surface area contributed by atoms with E-state index < -0.39 is 5.54 Å². The molecule has 1 aromatic heterocycles. The Morgan fingerprint density at radius 3 is 2.80 bits per heavy atom. The SMILES string of the molecule is CCc1cnc(C(C)N2CCC(=O)NC(C)(C)C2=O)s1. The number of hydrogen-bond acceptors (Lipinski definition) is 4. The summed E-state index contributed by atoms with van der Waals surface area (Å²) in [5.74, 6) is -0.129. The fourth-order valence-corrected chi connectivity index (χ4v) is 3.25. The van der Waals surface area contributed by atoms with Gasteiger partial charge in [-0.25, -0.2) is 4.98 Å². The number of carbonyl (C=O) groups excluding carboxylic acids is 2. The maximum absolute atomic E-state index is 12.6. The van der Waals surface area contributed by atoms with Crippen LogP contribution in [0.15, 0.2) is 6.20 Å². The van der Waals surface area contributed by atoms with Crippen molar-refractivity contribution in [3.8, 4) is 0 Å². The van der Waals surface area contributed by atoms with Crippen LogP contribution in [-0.2, 0) is 16.0 Å². The van der Waals surface area contributed by atoms with E-state index in [4.69, 9.17) is 0 Å². The molecule has 1 atom stereocenters. The van der Waals surface area contributed by atoms with Crippen LogP contribution in [-0.4, -0.2) is 33.8 Å². The number of aromatic nitrogens is 1. The number of aryl methyl sites for hydroxylation is 1. The Hall–Kier alpha value is -1.43. The maximum Gasteiger partial charge on any atom is 0.248 e. The summed E-state index contributed by atoms with van der Waals surface area (Å²) in [5, 5.41) is 3.70. The smallest absolute Gasteiger partial charge is 0.248 e. The molecule has 6 heteroatoms. The predicted octanol–water partition coefficient (Wildman–Crippen LogP) is 1.89. The first-order valence-corrected chi connectivity index (χ1v) is 7.73. The van der Waals surface area contributed by atoms with Gasteiger partial charge in [-0.2, -0.15) is 0 Å². The van der Waals surface area contributed by atoms with Gasteiger partial charge in [-0.1, -0.05) is 6.92 Å². The van der Waals surface area contributed by atoms with Crippen molar-refractivity contribution in [1.29, 1.82) is 0 Å². The molecule has 1 aromatic rings. The van der Waals surface area contributed by atoms with E-state index in [1.165, 1.54) is 4.88 Å². The van der Waals surface area contributed by atoms with Crippen LogP contribution in [0.3, 0.4) is 0 Å². The second-order valence-corrected chi connectivity index (χ2v) is 6.76. The van der Waals surface area contributed by atoms with Gasteiger partial charge in [0.1, 0.15) is 10.5 Å². The molecule has 0 aliphatic carbocycles. The molecule has 2 amide bonds. The lowest BCUT2D eigenvalue weighted by Crippen LogP contribution is -2.53. The van der Waals surface area contributed by atoms with Crippen LogP contribution < -0.4 is 5.32 Å². The van der Waals surface area contributed by atoms with Crippen molar-refractivity contribution in [2.24, 2.45) is 0 Å². The average Bonchev–Trinajstić information content (AvgIpc) is 2.82. The summed E-state index contributed by atoms with van der Waals surface area (Å²) in [6.45, 7) is 8.00. The van der Waals surface area contributed by atoms with Gasteiger partial charge >= 0.3 is 0 Å². The Balaban J connectivity index is 2.25. The minimum Gasteiger partial charge on any atom is -0.342 e. The first kappa shape index (κ1) is 15.0. The minimum absolute atomic E-state index is 0.0518. The van der Waals surface area contributed by atoms with E-state index >= 15 is 0 Å². The molecule has 2 heterocycles. The van der Waals surface area contributed by atoms with Gasteiger partial charge in [-0.3, -0.25) is 9.59 Å². The molecular formula is C14H21N3O2S. The van der Waals surface area contributed by atoms with E-state index in [1.807, 2.05) is 13.1 Å². The number of thiazole rings is 1. The number of nitrogens with zero attached hydrogens (tertiary/aromatic N) is 2. The molecule has 0 spiro atoms. The van der Waals surface area contributed by atoms with Gasteiger partial charge in [-0.05, 0) is 27.2 Å². The molecule has 5 nitrogen and oxygen atoms in total. The Morgan fingerprint density at radius 2 is 2.20 bits per heavy atom. The first-order valence-electron chi connectivity index (χ1n) is 6.92. The van der Waals surface area contributed by atoms with Crippen molar-refractivity contribution in [1.82, 2.24) is 15.2 Å². The molecular weight excluding hydrogens is 274 g/mol. The molecule has 20 heavy (non-hydrogen) atoms. The van der Waals surface area contributed by atoms with Gasteiger partial charge in [0.05, 0.1) is 6.04 Å². The molecule has 1 unspecified atom stereocenters. The first-order chi connectivity index (χ1) is 9.35. The summed E-state index contributed by atoms with van der Waals surface area (Å²) in [5.41, 5.74) is -0.854. The van der Waals surface area contributed by atoms with E-state index in [0.717, 1.165) is 11.4 Å². The van der Waals surface area contributed by atoms with E-state index in [2.05, 4.69) is 17.2 Å². The molecule has 0 radical (unpaired) electrons. The van der Waals surface area contributed by atoms with Crippen LogP contribution in [0.5, 0.6) is 0 Å². The molecule has 1 aliphatic rings. The third-order valence-electron chi connectivity index (χ3n) is 3.57. The van der Waals surface area contributed by atoms with Crippen LogP contribution in [0.25, 0.3) is 0 Å². The number of rotatable bonds is 3. The number of nitrogens with one attached hydrogen (secondary N) is 1. The lowest BCUT2D eigenvalue weighted by atomic mass is 10.0. The van der Waals surface area contributed by atoms with E-state index in [1.54, 1.807) is 30.1 Å². The monoisotopic (exact) mass is 295 g/mol. The fraction of sp³-hybridized carbons (Fsp3) is 0.643. The number of carbonyl (C=O) groups is 2. The third-order valence-corrected chi connectivity index (χ3v) is 4.88. The zero-order valence-electron chi connectivity index (χ0n) is 12.4. The van der Waals surface area contributed by atoms with Gasteiger partial charge in [0, 0.05) is 24.0 Å². The van der Waals surface area contributed by atoms with Gasteiger partial charge in [0.15, 0.2) is 0 Å². The summed E-state index contributed by atoms with van der Waals surface area (Å²) in [4.78, 5) is 31.7. The van der Waals surface area contributed by atoms with Crippen LogP contribution in [0.1, 0.15) is 50.0 Å². The highest BCUT2D eigenvalue weighted by molar-refractivity contribution is 7.11. The standard InChI is InChI=1S/C14H21N3O2S/c1-5-10-8-15-12(20-10)9(2)17-7-6-11(18)16-14(3,4)13(17)19/h8-9H,5-7H2,1-4H3,(H,16,18). The van der Waals surface area contributed by atoms with Gasteiger partial charge < -0.3 is 10.2 Å². The molecule has 0 saturated carbocycles. The van der Waals surface area contributed by atoms with Crippen LogP contribution in [0.2, 0.25) is 0 Å². The van der Waals surface area contributed by atoms with E-state index in [0.29, 0.717) is 13.0 Å². The Kier molecular flexibility index (Phi) is 4.13. The van der Waals surface area contributed by atoms with Gasteiger partial charge in [0.2, 0.25) is 11.8 Å². The second kappa shape index (κ2) is 5.52. The van der Waals surface area contributed by atoms with Crippen LogP contribution in [0, 0.1) is 0 Å². The normalized spacial score (nSPS) is 20.5. The average molecular weight is 295 g/mol.